The molecule has 0 unspecified atom stereocenters. The van der Waals surface area contributed by atoms with E-state index in [1.165, 1.54) is 0 Å². The lowest BCUT2D eigenvalue weighted by atomic mass is 10.2. The van der Waals surface area contributed by atoms with Crippen LogP contribution in [0.5, 0.6) is 0 Å². The van der Waals surface area contributed by atoms with Gasteiger partial charge in [-0.2, -0.15) is 0 Å². The summed E-state index contributed by atoms with van der Waals surface area (Å²) in [6.45, 7) is 5.44. The number of carbonyl (C=O) groups is 1. The Labute approximate surface area is 96.6 Å². The Hall–Kier alpha value is -1.29. The molecule has 16 heavy (non-hydrogen) atoms. The molecule has 0 radical (unpaired) electrons. The van der Waals surface area contributed by atoms with Crippen molar-refractivity contribution >= 4 is 5.91 Å². The van der Waals surface area contributed by atoms with Crippen LogP contribution in [-0.2, 0) is 6.42 Å². The van der Waals surface area contributed by atoms with Gasteiger partial charge in [-0.1, -0.05) is 6.92 Å². The van der Waals surface area contributed by atoms with Crippen molar-refractivity contribution in [2.75, 3.05) is 27.2 Å². The van der Waals surface area contributed by atoms with Crippen molar-refractivity contribution in [1.29, 1.82) is 0 Å². The van der Waals surface area contributed by atoms with Crippen molar-refractivity contribution < 1.29 is 9.21 Å². The minimum atomic E-state index is -0.0574. The smallest absolute Gasteiger partial charge is 0.289 e. The second-order valence-electron chi connectivity index (χ2n) is 3.90. The molecule has 0 aliphatic carbocycles. The van der Waals surface area contributed by atoms with E-state index >= 15 is 0 Å². The lowest BCUT2D eigenvalue weighted by Gasteiger charge is -2.14. The van der Waals surface area contributed by atoms with Crippen molar-refractivity contribution in [1.82, 2.24) is 10.2 Å². The minimum Gasteiger partial charge on any atom is -0.456 e. The maximum atomic E-state index is 11.9. The number of hydrogen-bond acceptors (Lipinski definition) is 3. The van der Waals surface area contributed by atoms with Crippen molar-refractivity contribution in [3.63, 3.8) is 0 Å². The molecule has 1 aromatic rings. The number of likely N-dealkylation sites (N-methyl/N-ethyl adjacent to an activating group) is 2. The largest absolute Gasteiger partial charge is 0.456 e. The number of nitrogens with zero attached hydrogens (tertiary/aromatic N) is 1. The van der Waals surface area contributed by atoms with Gasteiger partial charge < -0.3 is 14.6 Å². The molecule has 0 aromatic carbocycles. The first-order valence-electron chi connectivity index (χ1n) is 5.59. The van der Waals surface area contributed by atoms with Crippen molar-refractivity contribution in [3.05, 3.63) is 23.2 Å². The van der Waals surface area contributed by atoms with E-state index in [9.17, 15) is 4.79 Å². The highest BCUT2D eigenvalue weighted by atomic mass is 16.4. The highest BCUT2D eigenvalue weighted by Gasteiger charge is 2.16. The van der Waals surface area contributed by atoms with Crippen LogP contribution >= 0.6 is 0 Å². The number of rotatable bonds is 5. The molecular formula is C12H20N2O2. The molecule has 1 heterocycles. The van der Waals surface area contributed by atoms with Gasteiger partial charge in [-0.15, -0.1) is 0 Å². The van der Waals surface area contributed by atoms with Gasteiger partial charge in [0.15, 0.2) is 5.76 Å². The lowest BCUT2D eigenvalue weighted by Crippen LogP contribution is -2.32. The number of hydrogen-bond donors (Lipinski definition) is 1. The molecule has 0 bridgehead atoms. The Morgan fingerprint density at radius 3 is 2.75 bits per heavy atom. The van der Waals surface area contributed by atoms with E-state index in [0.717, 1.165) is 24.3 Å². The summed E-state index contributed by atoms with van der Waals surface area (Å²) in [5, 5.41) is 3.01. The highest BCUT2D eigenvalue weighted by Crippen LogP contribution is 2.16. The third-order valence-corrected chi connectivity index (χ3v) is 2.60. The number of amides is 1. The van der Waals surface area contributed by atoms with Gasteiger partial charge in [-0.25, -0.2) is 0 Å². The molecule has 0 aliphatic heterocycles. The van der Waals surface area contributed by atoms with E-state index in [0.29, 0.717) is 12.3 Å². The fourth-order valence-corrected chi connectivity index (χ4v) is 1.55. The van der Waals surface area contributed by atoms with Gasteiger partial charge in [0.2, 0.25) is 0 Å². The van der Waals surface area contributed by atoms with Crippen molar-refractivity contribution in [2.24, 2.45) is 0 Å². The molecule has 90 valence electrons. The quantitative estimate of drug-likeness (QED) is 0.823. The van der Waals surface area contributed by atoms with Crippen molar-refractivity contribution in [2.45, 2.75) is 20.3 Å². The fourth-order valence-electron chi connectivity index (χ4n) is 1.55. The third kappa shape index (κ3) is 2.85. The zero-order valence-corrected chi connectivity index (χ0v) is 10.5. The average molecular weight is 224 g/mol. The maximum Gasteiger partial charge on any atom is 0.289 e. The zero-order valence-electron chi connectivity index (χ0n) is 10.5. The summed E-state index contributed by atoms with van der Waals surface area (Å²) in [5.74, 6) is 1.27. The summed E-state index contributed by atoms with van der Waals surface area (Å²) in [5.41, 5.74) is 1.05. The van der Waals surface area contributed by atoms with Crippen LogP contribution in [0.3, 0.4) is 0 Å². The van der Waals surface area contributed by atoms with Gasteiger partial charge >= 0.3 is 0 Å². The Balaban J connectivity index is 2.72. The van der Waals surface area contributed by atoms with E-state index in [-0.39, 0.29) is 5.91 Å². The van der Waals surface area contributed by atoms with Crippen LogP contribution in [0.2, 0.25) is 0 Å². The first-order chi connectivity index (χ1) is 7.60. The van der Waals surface area contributed by atoms with E-state index in [4.69, 9.17) is 4.42 Å². The van der Waals surface area contributed by atoms with Crippen LogP contribution in [0.4, 0.5) is 0 Å². The molecule has 0 atom stereocenters. The van der Waals surface area contributed by atoms with Crippen LogP contribution in [0.1, 0.15) is 28.8 Å². The van der Waals surface area contributed by atoms with Gasteiger partial charge in [-0.3, -0.25) is 4.79 Å². The molecule has 0 fully saturated rings. The number of aryl methyl sites for hydroxylation is 2. The summed E-state index contributed by atoms with van der Waals surface area (Å²) in [7, 11) is 3.65. The third-order valence-electron chi connectivity index (χ3n) is 2.60. The number of nitrogens with one attached hydrogen (secondary N) is 1. The lowest BCUT2D eigenvalue weighted by molar-refractivity contribution is 0.0763. The molecule has 0 spiro atoms. The van der Waals surface area contributed by atoms with Gasteiger partial charge in [0.05, 0.1) is 0 Å². The Morgan fingerprint density at radius 1 is 1.56 bits per heavy atom. The number of furan rings is 1. The second kappa shape index (κ2) is 5.70. The summed E-state index contributed by atoms with van der Waals surface area (Å²) in [6.07, 6.45) is 0.819. The monoisotopic (exact) mass is 224 g/mol. The Kier molecular flexibility index (Phi) is 4.55. The molecule has 0 saturated carbocycles. The molecule has 4 heteroatoms. The van der Waals surface area contributed by atoms with Crippen LogP contribution in [0, 0.1) is 6.92 Å². The normalized spacial score (nSPS) is 10.5. The van der Waals surface area contributed by atoms with Crippen LogP contribution in [-0.4, -0.2) is 38.0 Å². The zero-order chi connectivity index (χ0) is 12.1. The van der Waals surface area contributed by atoms with Crippen LogP contribution in [0.25, 0.3) is 0 Å². The van der Waals surface area contributed by atoms with E-state index < -0.39 is 0 Å². The Morgan fingerprint density at radius 2 is 2.25 bits per heavy atom. The summed E-state index contributed by atoms with van der Waals surface area (Å²) >= 11 is 0. The molecular weight excluding hydrogens is 204 g/mol. The summed E-state index contributed by atoms with van der Waals surface area (Å²) < 4.78 is 5.51. The van der Waals surface area contributed by atoms with Crippen molar-refractivity contribution in [3.8, 4) is 0 Å². The first kappa shape index (κ1) is 12.8. The van der Waals surface area contributed by atoms with Crippen LogP contribution in [0.15, 0.2) is 10.5 Å². The molecule has 1 amide bonds. The van der Waals surface area contributed by atoms with E-state index in [1.54, 1.807) is 11.9 Å². The van der Waals surface area contributed by atoms with Gasteiger partial charge in [0.1, 0.15) is 5.76 Å². The van der Waals surface area contributed by atoms with Gasteiger partial charge in [-0.05, 0) is 25.6 Å². The SMILES string of the molecule is CCc1oc(C(=O)N(C)CCNC)cc1C. The predicted octanol–water partition coefficient (Wildman–Crippen LogP) is 1.44. The molecule has 0 aliphatic rings. The topological polar surface area (TPSA) is 45.5 Å². The molecule has 1 N–H and O–H groups in total. The standard InChI is InChI=1S/C12H20N2O2/c1-5-10-9(2)8-11(16-10)12(15)14(4)7-6-13-3/h8,13H,5-7H2,1-4H3. The van der Waals surface area contributed by atoms with E-state index in [2.05, 4.69) is 5.32 Å². The summed E-state index contributed by atoms with van der Waals surface area (Å²) in [6, 6.07) is 1.82. The molecule has 4 nitrogen and oxygen atoms in total. The molecule has 1 aromatic heterocycles. The number of carbonyl (C=O) groups excluding carboxylic acids is 1. The molecule has 1 rings (SSSR count). The highest BCUT2D eigenvalue weighted by molar-refractivity contribution is 5.91. The second-order valence-corrected chi connectivity index (χ2v) is 3.90. The fraction of sp³-hybridized carbons (Fsp3) is 0.583. The van der Waals surface area contributed by atoms with E-state index in [1.807, 2.05) is 27.0 Å². The molecule has 0 saturated heterocycles. The summed E-state index contributed by atoms with van der Waals surface area (Å²) in [4.78, 5) is 13.6. The predicted molar refractivity (Wildman–Crippen MR) is 63.7 cm³/mol. The Bertz CT molecular complexity index is 358. The van der Waals surface area contributed by atoms with Gasteiger partial charge in [0.25, 0.3) is 5.91 Å². The maximum absolute atomic E-state index is 11.9. The van der Waals surface area contributed by atoms with Crippen LogP contribution < -0.4 is 5.32 Å². The van der Waals surface area contributed by atoms with Gasteiger partial charge in [0, 0.05) is 26.6 Å². The minimum absolute atomic E-state index is 0.0574. The average Bonchev–Trinajstić information content (AvgIpc) is 2.66. The first-order valence-corrected chi connectivity index (χ1v) is 5.59.